The summed E-state index contributed by atoms with van der Waals surface area (Å²) in [6.07, 6.45) is 6.94. The van der Waals surface area contributed by atoms with Crippen molar-refractivity contribution in [3.63, 3.8) is 0 Å². The summed E-state index contributed by atoms with van der Waals surface area (Å²) in [4.78, 5) is 12.0. The zero-order valence-corrected chi connectivity index (χ0v) is 15.4. The second-order valence-corrected chi connectivity index (χ2v) is 5.45. The zero-order chi connectivity index (χ0) is 19.5. The van der Waals surface area contributed by atoms with E-state index in [1.807, 2.05) is 31.2 Å². The Hall–Kier alpha value is -3.46. The van der Waals surface area contributed by atoms with Crippen molar-refractivity contribution in [2.75, 3.05) is 20.3 Å². The van der Waals surface area contributed by atoms with Gasteiger partial charge in [0, 0.05) is 0 Å². The molecular formula is C21H22N2O4. The topological polar surface area (TPSA) is 69.2 Å². The summed E-state index contributed by atoms with van der Waals surface area (Å²) in [6.45, 7) is 2.69. The number of carbonyl (C=O) groups excluding carboxylic acids is 1. The highest BCUT2D eigenvalue weighted by Crippen LogP contribution is 2.27. The first-order chi connectivity index (χ1) is 13.2. The van der Waals surface area contributed by atoms with Crippen molar-refractivity contribution in [3.8, 4) is 29.6 Å². The highest BCUT2D eigenvalue weighted by Gasteiger charge is 2.05. The minimum absolute atomic E-state index is 0.158. The molecule has 0 heterocycles. The average molecular weight is 366 g/mol. The lowest BCUT2D eigenvalue weighted by atomic mass is 10.1. The van der Waals surface area contributed by atoms with E-state index in [1.165, 1.54) is 13.3 Å². The van der Waals surface area contributed by atoms with Gasteiger partial charge in [-0.3, -0.25) is 4.79 Å². The van der Waals surface area contributed by atoms with Crippen LogP contribution in [0.25, 0.3) is 0 Å². The fourth-order valence-corrected chi connectivity index (χ4v) is 2.28. The van der Waals surface area contributed by atoms with Gasteiger partial charge in [0.1, 0.15) is 12.4 Å². The Morgan fingerprint density at radius 3 is 2.63 bits per heavy atom. The minimum Gasteiger partial charge on any atom is -0.494 e. The van der Waals surface area contributed by atoms with E-state index in [0.717, 1.165) is 16.9 Å². The molecule has 0 aliphatic rings. The summed E-state index contributed by atoms with van der Waals surface area (Å²) in [6, 6.07) is 12.7. The van der Waals surface area contributed by atoms with E-state index < -0.39 is 0 Å². The van der Waals surface area contributed by atoms with Crippen LogP contribution in [-0.2, 0) is 11.2 Å². The maximum Gasteiger partial charge on any atom is 0.244 e. The smallest absolute Gasteiger partial charge is 0.244 e. The van der Waals surface area contributed by atoms with Crippen LogP contribution in [0.15, 0.2) is 47.6 Å². The van der Waals surface area contributed by atoms with Crippen LogP contribution < -0.4 is 19.6 Å². The number of benzene rings is 2. The molecule has 0 saturated carbocycles. The first kappa shape index (κ1) is 19.9. The van der Waals surface area contributed by atoms with E-state index in [-0.39, 0.29) is 18.9 Å². The van der Waals surface area contributed by atoms with Crippen molar-refractivity contribution in [2.24, 2.45) is 5.10 Å². The molecule has 0 aromatic heterocycles. The van der Waals surface area contributed by atoms with Gasteiger partial charge in [-0.15, -0.1) is 6.42 Å². The van der Waals surface area contributed by atoms with Gasteiger partial charge in [0.15, 0.2) is 11.5 Å². The number of nitrogens with one attached hydrogen (secondary N) is 1. The van der Waals surface area contributed by atoms with Crippen LogP contribution in [0.1, 0.15) is 18.1 Å². The van der Waals surface area contributed by atoms with Crippen LogP contribution in [0.3, 0.4) is 0 Å². The normalized spacial score (nSPS) is 10.3. The molecule has 0 aliphatic carbocycles. The molecule has 27 heavy (non-hydrogen) atoms. The van der Waals surface area contributed by atoms with Crippen molar-refractivity contribution < 1.29 is 19.0 Å². The summed E-state index contributed by atoms with van der Waals surface area (Å²) in [5, 5.41) is 3.97. The largest absolute Gasteiger partial charge is 0.494 e. The second-order valence-electron chi connectivity index (χ2n) is 5.45. The van der Waals surface area contributed by atoms with Crippen LogP contribution in [0.5, 0.6) is 17.2 Å². The number of methoxy groups -OCH3 is 1. The number of hydrogen-bond donors (Lipinski definition) is 1. The van der Waals surface area contributed by atoms with Gasteiger partial charge in [-0.25, -0.2) is 5.43 Å². The lowest BCUT2D eigenvalue weighted by molar-refractivity contribution is -0.120. The number of ether oxygens (including phenoxy) is 3. The Morgan fingerprint density at radius 1 is 1.19 bits per heavy atom. The molecule has 140 valence electrons. The van der Waals surface area contributed by atoms with Crippen molar-refractivity contribution in [3.05, 3.63) is 53.6 Å². The molecule has 0 spiro atoms. The molecule has 2 aromatic rings. The summed E-state index contributed by atoms with van der Waals surface area (Å²) < 4.78 is 16.0. The number of terminal acetylenes is 1. The Kier molecular flexibility index (Phi) is 7.73. The molecule has 1 N–H and O–H groups in total. The molecule has 6 nitrogen and oxygen atoms in total. The summed E-state index contributed by atoms with van der Waals surface area (Å²) in [5.74, 6) is 4.05. The molecule has 2 rings (SSSR count). The lowest BCUT2D eigenvalue weighted by Crippen LogP contribution is -2.19. The highest BCUT2D eigenvalue weighted by atomic mass is 16.5. The maximum absolute atomic E-state index is 12.0. The molecule has 0 atom stereocenters. The van der Waals surface area contributed by atoms with Gasteiger partial charge < -0.3 is 14.2 Å². The Labute approximate surface area is 159 Å². The molecular weight excluding hydrogens is 344 g/mol. The van der Waals surface area contributed by atoms with Crippen molar-refractivity contribution in [2.45, 2.75) is 13.3 Å². The number of hydrogen-bond acceptors (Lipinski definition) is 5. The van der Waals surface area contributed by atoms with Gasteiger partial charge in [0.2, 0.25) is 5.91 Å². The molecule has 0 unspecified atom stereocenters. The van der Waals surface area contributed by atoms with Gasteiger partial charge in [-0.1, -0.05) is 18.1 Å². The van der Waals surface area contributed by atoms with Crippen LogP contribution in [-0.4, -0.2) is 32.4 Å². The van der Waals surface area contributed by atoms with Crippen molar-refractivity contribution in [1.29, 1.82) is 0 Å². The third-order valence-electron chi connectivity index (χ3n) is 3.50. The van der Waals surface area contributed by atoms with Crippen LogP contribution in [0.2, 0.25) is 0 Å². The van der Waals surface area contributed by atoms with Crippen molar-refractivity contribution >= 4 is 12.1 Å². The molecule has 1 amide bonds. The minimum atomic E-state index is -0.212. The van der Waals surface area contributed by atoms with E-state index in [2.05, 4.69) is 16.4 Å². The Morgan fingerprint density at radius 2 is 1.96 bits per heavy atom. The number of amides is 1. The highest BCUT2D eigenvalue weighted by molar-refractivity contribution is 5.84. The van der Waals surface area contributed by atoms with Gasteiger partial charge in [0.25, 0.3) is 0 Å². The Balaban J connectivity index is 1.90. The molecule has 0 fully saturated rings. The second kappa shape index (κ2) is 10.5. The van der Waals surface area contributed by atoms with Gasteiger partial charge in [0.05, 0.1) is 26.4 Å². The fourth-order valence-electron chi connectivity index (χ4n) is 2.28. The number of rotatable bonds is 9. The summed E-state index contributed by atoms with van der Waals surface area (Å²) in [5.41, 5.74) is 4.14. The lowest BCUT2D eigenvalue weighted by Gasteiger charge is -2.09. The molecule has 0 saturated heterocycles. The third kappa shape index (κ3) is 6.40. The van der Waals surface area contributed by atoms with E-state index in [9.17, 15) is 4.79 Å². The molecule has 0 aliphatic heterocycles. The maximum atomic E-state index is 12.0. The zero-order valence-electron chi connectivity index (χ0n) is 15.4. The van der Waals surface area contributed by atoms with Crippen LogP contribution in [0, 0.1) is 12.3 Å². The monoisotopic (exact) mass is 366 g/mol. The predicted molar refractivity (Wildman–Crippen MR) is 104 cm³/mol. The fraction of sp³-hybridized carbons (Fsp3) is 0.238. The van der Waals surface area contributed by atoms with Gasteiger partial charge in [-0.2, -0.15) is 5.10 Å². The van der Waals surface area contributed by atoms with E-state index in [1.54, 1.807) is 18.2 Å². The molecule has 6 heteroatoms. The summed E-state index contributed by atoms with van der Waals surface area (Å²) in [7, 11) is 1.54. The van der Waals surface area contributed by atoms with Crippen LogP contribution >= 0.6 is 0 Å². The van der Waals surface area contributed by atoms with E-state index in [0.29, 0.717) is 18.1 Å². The SMILES string of the molecule is C#CCOc1ccc(/C=N\NC(=O)Cc2ccc(OCC)cc2)cc1OC. The predicted octanol–water partition coefficient (Wildman–Crippen LogP) is 2.80. The molecule has 2 aromatic carbocycles. The van der Waals surface area contributed by atoms with E-state index in [4.69, 9.17) is 20.6 Å². The van der Waals surface area contributed by atoms with Crippen molar-refractivity contribution in [1.82, 2.24) is 5.43 Å². The number of nitrogens with zero attached hydrogens (tertiary/aromatic N) is 1. The first-order valence-electron chi connectivity index (χ1n) is 8.44. The standard InChI is InChI=1S/C21H22N2O4/c1-4-12-27-19-11-8-17(13-20(19)25-3)15-22-23-21(24)14-16-6-9-18(10-7-16)26-5-2/h1,6-11,13,15H,5,12,14H2,2-3H3,(H,23,24)/b22-15-. The summed E-state index contributed by atoms with van der Waals surface area (Å²) >= 11 is 0. The Bertz CT molecular complexity index is 823. The average Bonchev–Trinajstić information content (AvgIpc) is 2.68. The van der Waals surface area contributed by atoms with Gasteiger partial charge in [-0.05, 0) is 48.4 Å². The number of carbonyl (C=O) groups is 1. The van der Waals surface area contributed by atoms with E-state index >= 15 is 0 Å². The molecule has 0 bridgehead atoms. The number of hydrazone groups is 1. The third-order valence-corrected chi connectivity index (χ3v) is 3.50. The van der Waals surface area contributed by atoms with Crippen LogP contribution in [0.4, 0.5) is 0 Å². The molecule has 0 radical (unpaired) electrons. The van der Waals surface area contributed by atoms with Gasteiger partial charge >= 0.3 is 0 Å². The quantitative estimate of drug-likeness (QED) is 0.421. The first-order valence-corrected chi connectivity index (χ1v) is 8.44.